The third-order valence-electron chi connectivity index (χ3n) is 5.66. The Balaban J connectivity index is 1.49. The quantitative estimate of drug-likeness (QED) is 0.626. The Morgan fingerprint density at radius 3 is 2.61 bits per heavy atom. The second-order valence-electron chi connectivity index (χ2n) is 7.81. The predicted molar refractivity (Wildman–Crippen MR) is 124 cm³/mol. The highest BCUT2D eigenvalue weighted by molar-refractivity contribution is 6.32. The van der Waals surface area contributed by atoms with E-state index in [9.17, 15) is 4.79 Å². The van der Waals surface area contributed by atoms with Crippen LogP contribution < -0.4 is 9.64 Å². The van der Waals surface area contributed by atoms with Crippen molar-refractivity contribution in [3.05, 3.63) is 64.3 Å². The van der Waals surface area contributed by atoms with Crippen LogP contribution in [0.5, 0.6) is 5.75 Å². The zero-order valence-corrected chi connectivity index (χ0v) is 18.9. The summed E-state index contributed by atoms with van der Waals surface area (Å²) < 4.78 is 5.51. The molecule has 0 radical (unpaired) electrons. The minimum Gasteiger partial charge on any atom is -0.492 e. The Kier molecular flexibility index (Phi) is 6.18. The Morgan fingerprint density at radius 1 is 1.13 bits per heavy atom. The molecule has 6 nitrogen and oxygen atoms in total. The highest BCUT2D eigenvalue weighted by atomic mass is 35.5. The minimum atomic E-state index is -0.0191. The lowest BCUT2D eigenvalue weighted by Crippen LogP contribution is -2.49. The number of carbonyl (C=O) groups is 1. The van der Waals surface area contributed by atoms with Crippen LogP contribution >= 0.6 is 11.6 Å². The molecule has 1 aliphatic rings. The Morgan fingerprint density at radius 2 is 1.90 bits per heavy atom. The van der Waals surface area contributed by atoms with E-state index in [1.807, 2.05) is 24.0 Å². The van der Waals surface area contributed by atoms with Gasteiger partial charge in [0.05, 0.1) is 29.1 Å². The number of H-pyrrole nitrogens is 1. The van der Waals surface area contributed by atoms with Crippen molar-refractivity contribution in [3.63, 3.8) is 0 Å². The van der Waals surface area contributed by atoms with E-state index in [1.54, 1.807) is 12.3 Å². The Hall–Kier alpha value is -2.99. The minimum absolute atomic E-state index is 0.0191. The number of aryl methyl sites for hydroxylation is 2. The fourth-order valence-corrected chi connectivity index (χ4v) is 4.21. The van der Waals surface area contributed by atoms with E-state index in [1.165, 1.54) is 16.8 Å². The van der Waals surface area contributed by atoms with Gasteiger partial charge in [0.15, 0.2) is 0 Å². The van der Waals surface area contributed by atoms with E-state index >= 15 is 0 Å². The highest BCUT2D eigenvalue weighted by Crippen LogP contribution is 2.31. The van der Waals surface area contributed by atoms with Gasteiger partial charge in [-0.3, -0.25) is 9.89 Å². The molecule has 7 heteroatoms. The molecule has 0 bridgehead atoms. The predicted octanol–water partition coefficient (Wildman–Crippen LogP) is 4.71. The molecule has 162 valence electrons. The van der Waals surface area contributed by atoms with Crippen molar-refractivity contribution in [2.75, 3.05) is 37.7 Å². The lowest BCUT2D eigenvalue weighted by molar-refractivity contribution is 0.0747. The van der Waals surface area contributed by atoms with Crippen LogP contribution in [-0.2, 0) is 0 Å². The van der Waals surface area contributed by atoms with Gasteiger partial charge in [-0.15, -0.1) is 0 Å². The number of piperazine rings is 1. The maximum atomic E-state index is 13.3. The summed E-state index contributed by atoms with van der Waals surface area (Å²) in [6.45, 7) is 9.64. The number of benzene rings is 2. The second kappa shape index (κ2) is 9.02. The molecule has 3 aromatic rings. The third-order valence-corrected chi connectivity index (χ3v) is 5.96. The van der Waals surface area contributed by atoms with Gasteiger partial charge < -0.3 is 14.5 Å². The smallest absolute Gasteiger partial charge is 0.257 e. The van der Waals surface area contributed by atoms with Crippen molar-refractivity contribution in [1.82, 2.24) is 15.1 Å². The van der Waals surface area contributed by atoms with Crippen LogP contribution in [0, 0.1) is 13.8 Å². The summed E-state index contributed by atoms with van der Waals surface area (Å²) in [5.41, 5.74) is 5.79. The number of amides is 1. The second-order valence-corrected chi connectivity index (χ2v) is 8.21. The number of anilines is 1. The topological polar surface area (TPSA) is 61.5 Å². The molecule has 4 rings (SSSR count). The average Bonchev–Trinajstić information content (AvgIpc) is 3.26. The van der Waals surface area contributed by atoms with Crippen LogP contribution in [0.1, 0.15) is 28.4 Å². The van der Waals surface area contributed by atoms with Crippen LogP contribution in [0.4, 0.5) is 5.69 Å². The molecule has 1 aromatic heterocycles. The molecule has 0 atom stereocenters. The molecule has 0 saturated carbocycles. The number of hydrogen-bond donors (Lipinski definition) is 1. The van der Waals surface area contributed by atoms with Crippen molar-refractivity contribution in [2.24, 2.45) is 0 Å². The molecule has 0 aliphatic carbocycles. The number of carbonyl (C=O) groups excluding carboxylic acids is 1. The summed E-state index contributed by atoms with van der Waals surface area (Å²) in [5.74, 6) is 0.609. The summed E-state index contributed by atoms with van der Waals surface area (Å²) in [6.07, 6.45) is 1.60. The first-order chi connectivity index (χ1) is 15.0. The van der Waals surface area contributed by atoms with Gasteiger partial charge in [0.25, 0.3) is 5.91 Å². The molecule has 31 heavy (non-hydrogen) atoms. The van der Waals surface area contributed by atoms with Gasteiger partial charge in [0.1, 0.15) is 5.75 Å². The fraction of sp³-hybridized carbons (Fsp3) is 0.333. The zero-order chi connectivity index (χ0) is 22.0. The molecular weight excluding hydrogens is 412 g/mol. The molecule has 2 aromatic carbocycles. The maximum Gasteiger partial charge on any atom is 0.257 e. The lowest BCUT2D eigenvalue weighted by atomic mass is 10.1. The van der Waals surface area contributed by atoms with Crippen LogP contribution in [0.3, 0.4) is 0 Å². The molecule has 1 N–H and O–H groups in total. The number of hydrogen-bond acceptors (Lipinski definition) is 4. The average molecular weight is 439 g/mol. The van der Waals surface area contributed by atoms with E-state index in [4.69, 9.17) is 16.3 Å². The maximum absolute atomic E-state index is 13.3. The zero-order valence-electron chi connectivity index (χ0n) is 18.1. The van der Waals surface area contributed by atoms with E-state index in [-0.39, 0.29) is 5.91 Å². The highest BCUT2D eigenvalue weighted by Gasteiger charge is 2.26. The largest absolute Gasteiger partial charge is 0.492 e. The van der Waals surface area contributed by atoms with Crippen LogP contribution in [0.15, 0.2) is 42.6 Å². The van der Waals surface area contributed by atoms with Gasteiger partial charge in [0.2, 0.25) is 0 Å². The van der Waals surface area contributed by atoms with Gasteiger partial charge in [-0.2, -0.15) is 5.10 Å². The van der Waals surface area contributed by atoms with Crippen molar-refractivity contribution >= 4 is 23.2 Å². The van der Waals surface area contributed by atoms with Gasteiger partial charge >= 0.3 is 0 Å². The van der Waals surface area contributed by atoms with E-state index in [0.717, 1.165) is 18.7 Å². The number of nitrogens with zero attached hydrogens (tertiary/aromatic N) is 3. The van der Waals surface area contributed by atoms with Gasteiger partial charge in [-0.25, -0.2) is 0 Å². The van der Waals surface area contributed by atoms with E-state index < -0.39 is 0 Å². The molecule has 1 amide bonds. The normalized spacial score (nSPS) is 14.1. The number of nitrogens with one attached hydrogen (secondary N) is 1. The summed E-state index contributed by atoms with van der Waals surface area (Å²) in [4.78, 5) is 17.5. The number of aromatic amines is 1. The molecule has 0 unspecified atom stereocenters. The number of halogens is 1. The van der Waals surface area contributed by atoms with Gasteiger partial charge in [-0.05, 0) is 56.2 Å². The molecule has 1 aliphatic heterocycles. The first-order valence-electron chi connectivity index (χ1n) is 10.6. The molecular formula is C24H27ClN4O2. The molecule has 2 heterocycles. The molecule has 1 fully saturated rings. The third kappa shape index (κ3) is 4.39. The Bertz CT molecular complexity index is 1090. The van der Waals surface area contributed by atoms with Crippen LogP contribution in [-0.4, -0.2) is 53.8 Å². The lowest BCUT2D eigenvalue weighted by Gasteiger charge is -2.37. The van der Waals surface area contributed by atoms with Crippen molar-refractivity contribution in [2.45, 2.75) is 20.8 Å². The first kappa shape index (κ1) is 21.2. The van der Waals surface area contributed by atoms with Gasteiger partial charge in [0, 0.05) is 37.4 Å². The van der Waals surface area contributed by atoms with E-state index in [0.29, 0.717) is 41.7 Å². The first-order valence-corrected chi connectivity index (χ1v) is 10.9. The van der Waals surface area contributed by atoms with Crippen molar-refractivity contribution < 1.29 is 9.53 Å². The summed E-state index contributed by atoms with van der Waals surface area (Å²) in [7, 11) is 0. The number of rotatable bonds is 5. The fourth-order valence-electron chi connectivity index (χ4n) is 3.98. The summed E-state index contributed by atoms with van der Waals surface area (Å²) >= 11 is 6.34. The Labute approximate surface area is 187 Å². The number of ether oxygens (including phenoxy) is 1. The number of aromatic nitrogens is 2. The van der Waals surface area contributed by atoms with Gasteiger partial charge in [-0.1, -0.05) is 23.7 Å². The van der Waals surface area contributed by atoms with Crippen LogP contribution in [0.25, 0.3) is 11.3 Å². The standard InChI is InChI=1S/C24H27ClN4O2/c1-4-31-22-8-7-18(14-20(22)25)23-19(15-26-27-23)24(30)29-11-9-28(10-12-29)21-13-16(2)5-6-17(21)3/h5-8,13-15H,4,9-12H2,1-3H3,(H,26,27). The van der Waals surface area contributed by atoms with Crippen LogP contribution in [0.2, 0.25) is 5.02 Å². The van der Waals surface area contributed by atoms with E-state index in [2.05, 4.69) is 47.1 Å². The summed E-state index contributed by atoms with van der Waals surface area (Å²) in [6, 6.07) is 12.0. The monoisotopic (exact) mass is 438 g/mol. The SMILES string of the molecule is CCOc1ccc(-c2[nH]ncc2C(=O)N2CCN(c3cc(C)ccc3C)CC2)cc1Cl. The molecule has 1 saturated heterocycles. The van der Waals surface area contributed by atoms with Crippen molar-refractivity contribution in [3.8, 4) is 17.0 Å². The summed E-state index contributed by atoms with van der Waals surface area (Å²) in [5, 5.41) is 7.60. The molecule has 0 spiro atoms. The van der Waals surface area contributed by atoms with Crippen molar-refractivity contribution in [1.29, 1.82) is 0 Å².